The third-order valence-corrected chi connectivity index (χ3v) is 6.13. The Morgan fingerprint density at radius 3 is 2.62 bits per heavy atom. The Morgan fingerprint density at radius 2 is 1.94 bits per heavy atom. The molecule has 3 aromatic rings. The van der Waals surface area contributed by atoms with Gasteiger partial charge in [0.05, 0.1) is 12.2 Å². The predicted molar refractivity (Wildman–Crippen MR) is 131 cm³/mol. The van der Waals surface area contributed by atoms with Gasteiger partial charge in [-0.2, -0.15) is 0 Å². The molecule has 0 spiro atoms. The topological polar surface area (TPSA) is 126 Å². The van der Waals surface area contributed by atoms with Crippen molar-refractivity contribution in [1.29, 1.82) is 0 Å². The molecule has 1 aliphatic heterocycles. The summed E-state index contributed by atoms with van der Waals surface area (Å²) in [6.07, 6.45) is 2.16. The summed E-state index contributed by atoms with van der Waals surface area (Å²) in [5, 5.41) is 11.5. The molecule has 0 radical (unpaired) electrons. The fourth-order valence-electron chi connectivity index (χ4n) is 4.21. The minimum atomic E-state index is 0.102. The summed E-state index contributed by atoms with van der Waals surface area (Å²) in [5.41, 5.74) is 8.46. The summed E-state index contributed by atoms with van der Waals surface area (Å²) in [4.78, 5) is 25.6. The number of carbonyl (C=O) groups excluding carboxylic acids is 1. The molecular weight excluding hydrogens is 432 g/mol. The van der Waals surface area contributed by atoms with Gasteiger partial charge in [-0.05, 0) is 30.7 Å². The number of piperazine rings is 1. The molecule has 3 heterocycles. The van der Waals surface area contributed by atoms with E-state index < -0.39 is 0 Å². The first-order valence-corrected chi connectivity index (χ1v) is 11.7. The van der Waals surface area contributed by atoms with Crippen LogP contribution >= 0.6 is 0 Å². The van der Waals surface area contributed by atoms with Gasteiger partial charge in [0.25, 0.3) is 5.89 Å². The van der Waals surface area contributed by atoms with Crippen LogP contribution in [0.4, 0.5) is 11.6 Å². The largest absolute Gasteiger partial charge is 0.414 e. The predicted octanol–water partition coefficient (Wildman–Crippen LogP) is 2.58. The minimum Gasteiger partial charge on any atom is -0.414 e. The molecule has 1 fully saturated rings. The Balaban J connectivity index is 1.57. The van der Waals surface area contributed by atoms with E-state index in [1.807, 2.05) is 43.1 Å². The van der Waals surface area contributed by atoms with E-state index in [0.717, 1.165) is 17.7 Å². The van der Waals surface area contributed by atoms with Crippen LogP contribution in [0.3, 0.4) is 0 Å². The van der Waals surface area contributed by atoms with Crippen molar-refractivity contribution in [3.63, 3.8) is 0 Å². The highest BCUT2D eigenvalue weighted by molar-refractivity contribution is 5.76. The lowest BCUT2D eigenvalue weighted by atomic mass is 9.99. The van der Waals surface area contributed by atoms with Crippen LogP contribution in [0.2, 0.25) is 0 Å². The second kappa shape index (κ2) is 10.2. The minimum absolute atomic E-state index is 0.102. The highest BCUT2D eigenvalue weighted by Gasteiger charge is 2.32. The number of amides is 1. The molecule has 2 aromatic heterocycles. The lowest BCUT2D eigenvalue weighted by Gasteiger charge is -2.43. The maximum Gasteiger partial charge on any atom is 0.270 e. The fourth-order valence-corrected chi connectivity index (χ4v) is 4.21. The number of aromatic nitrogens is 4. The zero-order valence-corrected chi connectivity index (χ0v) is 20.2. The summed E-state index contributed by atoms with van der Waals surface area (Å²) in [5.74, 6) is 2.01. The molecule has 0 bridgehead atoms. The van der Waals surface area contributed by atoms with E-state index in [0.29, 0.717) is 49.4 Å². The lowest BCUT2D eigenvalue weighted by Crippen LogP contribution is -2.57. The second-order valence-corrected chi connectivity index (χ2v) is 8.80. The molecule has 1 saturated heterocycles. The standard InChI is InChI=1S/C24H32N8O2/c1-5-20(33)32-11-10-31(14-18(32)15(2)3)19-13-27-22(25)21(28-19)24-30-29-23(34-24)17-8-6-16(7-9-17)12-26-4/h6-9,13,15,18,26H,5,10-12,14H2,1-4H3,(H2,25,27). The van der Waals surface area contributed by atoms with Gasteiger partial charge in [0, 0.05) is 38.2 Å². The Morgan fingerprint density at radius 1 is 1.21 bits per heavy atom. The van der Waals surface area contributed by atoms with Gasteiger partial charge in [-0.25, -0.2) is 9.97 Å². The molecule has 1 aliphatic rings. The Bertz CT molecular complexity index is 1130. The maximum absolute atomic E-state index is 12.4. The van der Waals surface area contributed by atoms with Gasteiger partial charge in [-0.1, -0.05) is 32.9 Å². The monoisotopic (exact) mass is 464 g/mol. The third kappa shape index (κ3) is 4.86. The van der Waals surface area contributed by atoms with Crippen molar-refractivity contribution in [2.75, 3.05) is 37.3 Å². The van der Waals surface area contributed by atoms with E-state index >= 15 is 0 Å². The van der Waals surface area contributed by atoms with E-state index in [1.54, 1.807) is 6.20 Å². The van der Waals surface area contributed by atoms with Crippen molar-refractivity contribution >= 4 is 17.5 Å². The lowest BCUT2D eigenvalue weighted by molar-refractivity contribution is -0.134. The Kier molecular flexibility index (Phi) is 7.06. The summed E-state index contributed by atoms with van der Waals surface area (Å²) in [6, 6.07) is 8.01. The number of benzene rings is 1. The zero-order valence-electron chi connectivity index (χ0n) is 20.2. The van der Waals surface area contributed by atoms with Crippen LogP contribution in [0.1, 0.15) is 32.8 Å². The number of nitrogens with two attached hydrogens (primary N) is 1. The molecule has 1 unspecified atom stereocenters. The van der Waals surface area contributed by atoms with Crippen LogP contribution in [0.5, 0.6) is 0 Å². The van der Waals surface area contributed by atoms with E-state index in [4.69, 9.17) is 15.1 Å². The average molecular weight is 465 g/mol. The molecule has 1 aromatic carbocycles. The van der Waals surface area contributed by atoms with E-state index in [9.17, 15) is 4.79 Å². The number of nitrogens with zero attached hydrogens (tertiary/aromatic N) is 6. The van der Waals surface area contributed by atoms with Gasteiger partial charge in [-0.15, -0.1) is 10.2 Å². The Hall–Kier alpha value is -3.53. The number of carbonyl (C=O) groups is 1. The van der Waals surface area contributed by atoms with E-state index in [1.165, 1.54) is 0 Å². The summed E-state index contributed by atoms with van der Waals surface area (Å²) in [7, 11) is 1.91. The molecule has 3 N–H and O–H groups in total. The van der Waals surface area contributed by atoms with Crippen molar-refractivity contribution in [2.45, 2.75) is 39.8 Å². The first-order valence-electron chi connectivity index (χ1n) is 11.7. The number of hydrogen-bond donors (Lipinski definition) is 2. The van der Waals surface area contributed by atoms with Crippen molar-refractivity contribution < 1.29 is 9.21 Å². The van der Waals surface area contributed by atoms with Crippen LogP contribution in [-0.4, -0.2) is 63.7 Å². The van der Waals surface area contributed by atoms with Gasteiger partial charge in [-0.3, -0.25) is 4.79 Å². The van der Waals surface area contributed by atoms with E-state index in [2.05, 4.69) is 39.2 Å². The van der Waals surface area contributed by atoms with Crippen LogP contribution in [0.25, 0.3) is 23.0 Å². The van der Waals surface area contributed by atoms with Crippen LogP contribution in [0, 0.1) is 5.92 Å². The highest BCUT2D eigenvalue weighted by Crippen LogP contribution is 2.29. The molecule has 4 rings (SSSR count). The number of nitrogen functional groups attached to an aromatic ring is 1. The van der Waals surface area contributed by atoms with Gasteiger partial charge in [0.2, 0.25) is 11.8 Å². The number of rotatable bonds is 7. The average Bonchev–Trinajstić information content (AvgIpc) is 3.34. The first-order chi connectivity index (χ1) is 16.4. The summed E-state index contributed by atoms with van der Waals surface area (Å²) >= 11 is 0. The summed E-state index contributed by atoms with van der Waals surface area (Å²) in [6.45, 7) is 8.94. The molecule has 0 aliphatic carbocycles. The Labute approximate surface area is 199 Å². The second-order valence-electron chi connectivity index (χ2n) is 8.80. The first kappa shape index (κ1) is 23.6. The van der Waals surface area contributed by atoms with Gasteiger partial charge < -0.3 is 25.3 Å². The molecule has 0 saturated carbocycles. The molecule has 34 heavy (non-hydrogen) atoms. The van der Waals surface area contributed by atoms with Crippen LogP contribution in [0.15, 0.2) is 34.9 Å². The summed E-state index contributed by atoms with van der Waals surface area (Å²) < 4.78 is 5.91. The van der Waals surface area contributed by atoms with Gasteiger partial charge >= 0.3 is 0 Å². The van der Waals surface area contributed by atoms with Crippen molar-refractivity contribution in [2.24, 2.45) is 5.92 Å². The van der Waals surface area contributed by atoms with Gasteiger partial charge in [0.15, 0.2) is 11.5 Å². The van der Waals surface area contributed by atoms with Gasteiger partial charge in [0.1, 0.15) is 5.82 Å². The normalized spacial score (nSPS) is 16.3. The quantitative estimate of drug-likeness (QED) is 0.542. The SMILES string of the molecule is CCC(=O)N1CCN(c2cnc(N)c(-c3nnc(-c4ccc(CNC)cc4)o3)n2)CC1C(C)C. The number of nitrogens with one attached hydrogen (secondary N) is 1. The molecule has 1 atom stereocenters. The zero-order chi connectivity index (χ0) is 24.2. The molecule has 180 valence electrons. The van der Waals surface area contributed by atoms with Crippen molar-refractivity contribution in [3.8, 4) is 23.0 Å². The smallest absolute Gasteiger partial charge is 0.270 e. The van der Waals surface area contributed by atoms with Crippen molar-refractivity contribution in [3.05, 3.63) is 36.0 Å². The van der Waals surface area contributed by atoms with Crippen molar-refractivity contribution in [1.82, 2.24) is 30.4 Å². The number of anilines is 2. The fraction of sp³-hybridized carbons (Fsp3) is 0.458. The maximum atomic E-state index is 12.4. The van der Waals surface area contributed by atoms with E-state index in [-0.39, 0.29) is 23.7 Å². The molecule has 10 heteroatoms. The van der Waals surface area contributed by atoms with Crippen LogP contribution in [-0.2, 0) is 11.3 Å². The molecule has 10 nitrogen and oxygen atoms in total. The van der Waals surface area contributed by atoms with Crippen LogP contribution < -0.4 is 16.0 Å². The highest BCUT2D eigenvalue weighted by atomic mass is 16.4. The number of hydrogen-bond acceptors (Lipinski definition) is 9. The molecule has 1 amide bonds. The molecular formula is C24H32N8O2. The third-order valence-electron chi connectivity index (χ3n) is 6.13.